The van der Waals surface area contributed by atoms with Gasteiger partial charge in [0.1, 0.15) is 18.0 Å². The number of rotatable bonds is 12. The Kier molecular flexibility index (Phi) is 10.1. The fourth-order valence-corrected chi connectivity index (χ4v) is 5.09. The van der Waals surface area contributed by atoms with Gasteiger partial charge in [0.05, 0.1) is 30.1 Å². The molecule has 3 N–H and O–H groups in total. The Hall–Kier alpha value is -3.14. The van der Waals surface area contributed by atoms with Crippen LogP contribution in [0.2, 0.25) is 0 Å². The van der Waals surface area contributed by atoms with Crippen LogP contribution in [0.1, 0.15) is 63.6 Å². The summed E-state index contributed by atoms with van der Waals surface area (Å²) in [5, 5.41) is 9.80. The average Bonchev–Trinajstić information content (AvgIpc) is 3.36. The third-order valence-corrected chi connectivity index (χ3v) is 7.03. The van der Waals surface area contributed by atoms with E-state index in [1.54, 1.807) is 6.33 Å². The van der Waals surface area contributed by atoms with E-state index in [-0.39, 0.29) is 17.6 Å². The summed E-state index contributed by atoms with van der Waals surface area (Å²) in [5.41, 5.74) is 3.16. The van der Waals surface area contributed by atoms with Crippen LogP contribution in [0.4, 0.5) is 14.6 Å². The second-order valence-electron chi connectivity index (χ2n) is 11.4. The van der Waals surface area contributed by atoms with E-state index >= 15 is 0 Å². The number of carbonyl (C=O) groups excluding carboxylic acids is 1. The Labute approximate surface area is 235 Å². The number of fused-ring (bicyclic) bond motifs is 1. The van der Waals surface area contributed by atoms with Gasteiger partial charge in [-0.25, -0.2) is 13.8 Å². The number of nitrogens with one attached hydrogen (secondary N) is 3. The molecule has 4 rings (SSSR count). The van der Waals surface area contributed by atoms with E-state index < -0.39 is 17.7 Å². The monoisotopic (exact) mass is 553 g/mol. The van der Waals surface area contributed by atoms with Crippen LogP contribution < -0.4 is 16.0 Å². The normalized spacial score (nSPS) is 16.0. The zero-order valence-corrected chi connectivity index (χ0v) is 23.9. The zero-order valence-electron chi connectivity index (χ0n) is 23.9. The van der Waals surface area contributed by atoms with Crippen molar-refractivity contribution in [3.63, 3.8) is 0 Å². The molecule has 9 heteroatoms. The minimum atomic E-state index is -0.546. The molecule has 1 amide bonds. The first-order valence-electron chi connectivity index (χ1n) is 14.1. The first-order chi connectivity index (χ1) is 19.1. The Morgan fingerprint density at radius 1 is 1.23 bits per heavy atom. The quantitative estimate of drug-likeness (QED) is 0.265. The molecule has 0 spiro atoms. The number of amides is 1. The number of halogens is 2. The van der Waals surface area contributed by atoms with E-state index in [1.807, 2.05) is 56.7 Å². The van der Waals surface area contributed by atoms with Gasteiger partial charge in [0.2, 0.25) is 5.91 Å². The molecular formula is C31H41F2N5O2. The van der Waals surface area contributed by atoms with Crippen molar-refractivity contribution >= 4 is 11.7 Å². The molecule has 7 nitrogen and oxygen atoms in total. The summed E-state index contributed by atoms with van der Waals surface area (Å²) in [5.74, 6) is -0.775. The minimum Gasteiger partial charge on any atom is -0.375 e. The lowest BCUT2D eigenvalue weighted by Gasteiger charge is -2.29. The number of hydrogen-bond donors (Lipinski definition) is 3. The first-order valence-corrected chi connectivity index (χ1v) is 14.1. The molecule has 1 aromatic heterocycles. The number of carbonyl (C=O) groups is 1. The van der Waals surface area contributed by atoms with Crippen LogP contribution in [0.5, 0.6) is 0 Å². The van der Waals surface area contributed by atoms with E-state index in [2.05, 4.69) is 27.0 Å². The van der Waals surface area contributed by atoms with Crippen LogP contribution in [-0.4, -0.2) is 46.3 Å². The van der Waals surface area contributed by atoms with Crippen LogP contribution in [-0.2, 0) is 28.9 Å². The van der Waals surface area contributed by atoms with Gasteiger partial charge in [-0.3, -0.25) is 4.79 Å². The van der Waals surface area contributed by atoms with Crippen LogP contribution in [0.25, 0.3) is 5.69 Å². The van der Waals surface area contributed by atoms with Gasteiger partial charge in [-0.15, -0.1) is 0 Å². The Morgan fingerprint density at radius 2 is 2.02 bits per heavy atom. The maximum atomic E-state index is 14.4. The lowest BCUT2D eigenvalue weighted by Crippen LogP contribution is -2.48. The molecular weight excluding hydrogens is 512 g/mol. The van der Waals surface area contributed by atoms with Gasteiger partial charge < -0.3 is 25.3 Å². The highest BCUT2D eigenvalue weighted by Gasteiger charge is 2.27. The van der Waals surface area contributed by atoms with E-state index in [4.69, 9.17) is 4.74 Å². The van der Waals surface area contributed by atoms with Gasteiger partial charge in [0.15, 0.2) is 5.82 Å². The molecule has 0 radical (unpaired) electrons. The second kappa shape index (κ2) is 13.5. The van der Waals surface area contributed by atoms with E-state index in [0.717, 1.165) is 30.3 Å². The van der Waals surface area contributed by atoms with E-state index in [0.29, 0.717) is 55.8 Å². The number of para-hydroxylation sites is 1. The largest absolute Gasteiger partial charge is 0.375 e. The summed E-state index contributed by atoms with van der Waals surface area (Å²) in [6.07, 6.45) is 6.66. The summed E-state index contributed by atoms with van der Waals surface area (Å²) in [6.45, 7) is 10.2. The number of imidazole rings is 1. The fourth-order valence-electron chi connectivity index (χ4n) is 5.09. The van der Waals surface area contributed by atoms with Gasteiger partial charge >= 0.3 is 0 Å². The molecule has 0 unspecified atom stereocenters. The van der Waals surface area contributed by atoms with Crippen molar-refractivity contribution in [3.8, 4) is 5.69 Å². The number of hydrogen-bond acceptors (Lipinski definition) is 5. The van der Waals surface area contributed by atoms with Gasteiger partial charge in [0.25, 0.3) is 0 Å². The van der Waals surface area contributed by atoms with Crippen LogP contribution in [0.15, 0.2) is 48.9 Å². The number of nitrogens with zero attached hydrogens (tertiary/aromatic N) is 2. The Bertz CT molecular complexity index is 1290. The van der Waals surface area contributed by atoms with Crippen LogP contribution >= 0.6 is 0 Å². The maximum Gasteiger partial charge on any atom is 0.242 e. The van der Waals surface area contributed by atoms with Crippen molar-refractivity contribution in [1.29, 1.82) is 0 Å². The maximum absolute atomic E-state index is 14.4. The molecule has 1 heterocycles. The molecule has 0 saturated heterocycles. The van der Waals surface area contributed by atoms with Crippen molar-refractivity contribution < 1.29 is 18.3 Å². The summed E-state index contributed by atoms with van der Waals surface area (Å²) in [7, 11) is 0. The van der Waals surface area contributed by atoms with Crippen molar-refractivity contribution in [2.75, 3.05) is 18.5 Å². The zero-order chi connectivity index (χ0) is 28.7. The predicted molar refractivity (Wildman–Crippen MR) is 154 cm³/mol. The second-order valence-corrected chi connectivity index (χ2v) is 11.4. The Morgan fingerprint density at radius 3 is 2.80 bits per heavy atom. The van der Waals surface area contributed by atoms with E-state index in [1.165, 1.54) is 6.07 Å². The number of benzene rings is 2. The molecule has 0 bridgehead atoms. The van der Waals surface area contributed by atoms with E-state index in [9.17, 15) is 13.6 Å². The highest BCUT2D eigenvalue weighted by atomic mass is 19.1. The summed E-state index contributed by atoms with van der Waals surface area (Å²) in [6, 6.07) is 9.88. The molecule has 2 atom stereocenters. The molecule has 0 saturated carbocycles. The van der Waals surface area contributed by atoms with Gasteiger partial charge in [-0.1, -0.05) is 31.5 Å². The van der Waals surface area contributed by atoms with Crippen LogP contribution in [0, 0.1) is 11.6 Å². The number of aryl methyl sites for hydroxylation is 1. The number of anilines is 1. The van der Waals surface area contributed by atoms with Gasteiger partial charge in [0, 0.05) is 25.2 Å². The third-order valence-electron chi connectivity index (χ3n) is 7.03. The topological polar surface area (TPSA) is 80.2 Å². The average molecular weight is 554 g/mol. The third kappa shape index (κ3) is 8.19. The first kappa shape index (κ1) is 29.8. The molecule has 1 aliphatic carbocycles. The molecule has 40 heavy (non-hydrogen) atoms. The molecule has 1 aliphatic rings. The van der Waals surface area contributed by atoms with Crippen molar-refractivity contribution in [2.24, 2.45) is 0 Å². The molecule has 0 aliphatic heterocycles. The summed E-state index contributed by atoms with van der Waals surface area (Å²) >= 11 is 0. The fraction of sp³-hybridized carbons (Fsp3) is 0.484. The van der Waals surface area contributed by atoms with Gasteiger partial charge in [-0.05, 0) is 75.3 Å². The Balaban J connectivity index is 1.36. The minimum absolute atomic E-state index is 0.0690. The highest BCUT2D eigenvalue weighted by molar-refractivity contribution is 5.94. The molecule has 216 valence electrons. The predicted octanol–water partition coefficient (Wildman–Crippen LogP) is 5.31. The number of aromatic nitrogens is 2. The lowest BCUT2D eigenvalue weighted by molar-refractivity contribution is -0.118. The molecule has 0 fully saturated rings. The smallest absolute Gasteiger partial charge is 0.242 e. The standard InChI is InChI=1S/C31H41F2N5O2/c1-5-8-27(36-24-12-11-21-15-23(32)16-26(33)25(21)17-24)30(39)37-29-19-38(20-35-29)28-10-7-6-9-22(28)18-34-13-14-40-31(2,3)4/h6-7,9-10,15-16,19-20,24,27,34,36H,5,8,11-14,17-18H2,1-4H3,(H,37,39)/t24-,27+/m0/s1. The van der Waals surface area contributed by atoms with Crippen molar-refractivity contribution in [2.45, 2.75) is 84.0 Å². The number of ether oxygens (including phenoxy) is 1. The molecule has 3 aromatic rings. The SMILES string of the molecule is CCC[C@@H](N[C@H]1CCc2cc(F)cc(F)c2C1)C(=O)Nc1cn(-c2ccccc2CNCCOC(C)(C)C)cn1. The lowest BCUT2D eigenvalue weighted by atomic mass is 9.87. The molecule has 2 aromatic carbocycles. The highest BCUT2D eigenvalue weighted by Crippen LogP contribution is 2.26. The van der Waals surface area contributed by atoms with Crippen molar-refractivity contribution in [1.82, 2.24) is 20.2 Å². The summed E-state index contributed by atoms with van der Waals surface area (Å²) < 4.78 is 35.7. The summed E-state index contributed by atoms with van der Waals surface area (Å²) in [4.78, 5) is 17.7. The van der Waals surface area contributed by atoms with Gasteiger partial charge in [-0.2, -0.15) is 0 Å². The van der Waals surface area contributed by atoms with Crippen LogP contribution in [0.3, 0.4) is 0 Å². The van der Waals surface area contributed by atoms with Crippen molar-refractivity contribution in [3.05, 3.63) is 77.2 Å².